The van der Waals surface area contributed by atoms with Crippen LogP contribution in [-0.2, 0) is 22.5 Å². The van der Waals surface area contributed by atoms with Crippen LogP contribution in [0.1, 0.15) is 28.4 Å². The zero-order chi connectivity index (χ0) is 18.0. The smallest absolute Gasteiger partial charge is 0.340 e. The monoisotopic (exact) mass is 405 g/mol. The van der Waals surface area contributed by atoms with Crippen molar-refractivity contribution in [2.45, 2.75) is 26.0 Å². The minimum Gasteiger partial charge on any atom is -0.449 e. The van der Waals surface area contributed by atoms with E-state index in [1.54, 1.807) is 11.8 Å². The molecule has 1 heterocycles. The molecule has 0 aromatic heterocycles. The van der Waals surface area contributed by atoms with E-state index in [-0.39, 0.29) is 11.5 Å². The number of amides is 1. The molecule has 0 fully saturated rings. The van der Waals surface area contributed by atoms with Crippen molar-refractivity contribution in [2.75, 3.05) is 6.54 Å². The minimum absolute atomic E-state index is 0.185. The van der Waals surface area contributed by atoms with E-state index in [2.05, 4.69) is 22.0 Å². The Hall–Kier alpha value is -2.21. The Balaban J connectivity index is 1.66. The van der Waals surface area contributed by atoms with Crippen molar-refractivity contribution in [3.05, 3.63) is 69.4 Å². The van der Waals surface area contributed by atoms with Crippen LogP contribution in [0.4, 0.5) is 4.39 Å². The maximum absolute atomic E-state index is 13.1. The first-order valence-electron chi connectivity index (χ1n) is 7.97. The van der Waals surface area contributed by atoms with E-state index in [1.165, 1.54) is 23.8 Å². The molecule has 0 bridgehead atoms. The van der Waals surface area contributed by atoms with Gasteiger partial charge >= 0.3 is 5.97 Å². The van der Waals surface area contributed by atoms with Crippen LogP contribution in [0.3, 0.4) is 0 Å². The molecule has 25 heavy (non-hydrogen) atoms. The summed E-state index contributed by atoms with van der Waals surface area (Å²) in [5.41, 5.74) is 2.54. The van der Waals surface area contributed by atoms with Gasteiger partial charge in [-0.3, -0.25) is 4.79 Å². The van der Waals surface area contributed by atoms with Crippen molar-refractivity contribution in [2.24, 2.45) is 0 Å². The van der Waals surface area contributed by atoms with Gasteiger partial charge in [0.1, 0.15) is 5.82 Å². The number of nitrogens with zero attached hydrogens (tertiary/aromatic N) is 1. The second kappa shape index (κ2) is 7.35. The predicted octanol–water partition coefficient (Wildman–Crippen LogP) is 3.72. The number of benzene rings is 2. The first-order valence-corrected chi connectivity index (χ1v) is 8.76. The van der Waals surface area contributed by atoms with Crippen LogP contribution in [0.5, 0.6) is 0 Å². The first-order chi connectivity index (χ1) is 12.0. The summed E-state index contributed by atoms with van der Waals surface area (Å²) in [4.78, 5) is 26.5. The fourth-order valence-electron chi connectivity index (χ4n) is 2.87. The van der Waals surface area contributed by atoms with Crippen LogP contribution in [0.15, 0.2) is 46.9 Å². The topological polar surface area (TPSA) is 46.6 Å². The van der Waals surface area contributed by atoms with E-state index in [9.17, 15) is 14.0 Å². The summed E-state index contributed by atoms with van der Waals surface area (Å²) >= 11 is 3.13. The number of fused-ring (bicyclic) bond motifs is 1. The van der Waals surface area contributed by atoms with Crippen molar-refractivity contribution in [3.8, 4) is 0 Å². The van der Waals surface area contributed by atoms with Gasteiger partial charge < -0.3 is 9.64 Å². The van der Waals surface area contributed by atoms with Crippen molar-refractivity contribution >= 4 is 27.8 Å². The average Bonchev–Trinajstić information content (AvgIpc) is 2.60. The summed E-state index contributed by atoms with van der Waals surface area (Å²) in [6.45, 7) is 2.66. The molecule has 2 aromatic rings. The van der Waals surface area contributed by atoms with Gasteiger partial charge in [0.25, 0.3) is 5.91 Å². The Bertz CT molecular complexity index is 824. The Labute approximate surface area is 153 Å². The zero-order valence-electron chi connectivity index (χ0n) is 13.7. The Morgan fingerprint density at radius 2 is 1.92 bits per heavy atom. The largest absolute Gasteiger partial charge is 0.449 e. The SMILES string of the molecule is C[C@H](OC(=O)c1ccc(F)cc1Br)C(=O)N1CCc2ccccc2C1. The highest BCUT2D eigenvalue weighted by Gasteiger charge is 2.27. The summed E-state index contributed by atoms with van der Waals surface area (Å²) in [5.74, 6) is -1.36. The molecule has 1 amide bonds. The van der Waals surface area contributed by atoms with Gasteiger partial charge in [0.15, 0.2) is 6.10 Å². The normalized spacial score (nSPS) is 14.6. The van der Waals surface area contributed by atoms with Crippen LogP contribution in [0.25, 0.3) is 0 Å². The molecule has 1 aliphatic rings. The molecule has 0 N–H and O–H groups in total. The number of carbonyl (C=O) groups is 2. The minimum atomic E-state index is -0.908. The first kappa shape index (κ1) is 17.6. The van der Waals surface area contributed by atoms with Gasteiger partial charge in [0.2, 0.25) is 0 Å². The third kappa shape index (κ3) is 3.90. The Kier molecular flexibility index (Phi) is 5.18. The van der Waals surface area contributed by atoms with E-state index >= 15 is 0 Å². The highest BCUT2D eigenvalue weighted by atomic mass is 79.9. The molecule has 0 aliphatic carbocycles. The van der Waals surface area contributed by atoms with E-state index in [0.29, 0.717) is 17.6 Å². The fourth-order valence-corrected chi connectivity index (χ4v) is 3.38. The number of esters is 1. The summed E-state index contributed by atoms with van der Waals surface area (Å²) in [5, 5.41) is 0. The molecule has 130 valence electrons. The number of hydrogen-bond acceptors (Lipinski definition) is 3. The van der Waals surface area contributed by atoms with Gasteiger partial charge in [0.05, 0.1) is 5.56 Å². The van der Waals surface area contributed by atoms with Gasteiger partial charge in [-0.2, -0.15) is 0 Å². The second-order valence-electron chi connectivity index (χ2n) is 5.95. The molecular weight excluding hydrogens is 389 g/mol. The highest BCUT2D eigenvalue weighted by Crippen LogP contribution is 2.22. The zero-order valence-corrected chi connectivity index (χ0v) is 15.3. The van der Waals surface area contributed by atoms with E-state index in [1.807, 2.05) is 18.2 Å². The molecule has 1 atom stereocenters. The predicted molar refractivity (Wildman–Crippen MR) is 94.5 cm³/mol. The van der Waals surface area contributed by atoms with E-state index in [0.717, 1.165) is 12.0 Å². The van der Waals surface area contributed by atoms with Crippen molar-refractivity contribution in [1.29, 1.82) is 0 Å². The van der Waals surface area contributed by atoms with Crippen LogP contribution in [0.2, 0.25) is 0 Å². The third-order valence-corrected chi connectivity index (χ3v) is 4.88. The lowest BCUT2D eigenvalue weighted by Crippen LogP contribution is -2.42. The molecule has 0 unspecified atom stereocenters. The molecule has 0 saturated carbocycles. The quantitative estimate of drug-likeness (QED) is 0.731. The van der Waals surface area contributed by atoms with Gasteiger partial charge in [-0.05, 0) is 58.6 Å². The van der Waals surface area contributed by atoms with E-state index in [4.69, 9.17) is 4.74 Å². The Morgan fingerprint density at radius 3 is 2.64 bits per heavy atom. The molecule has 0 saturated heterocycles. The molecule has 2 aromatic carbocycles. The van der Waals surface area contributed by atoms with Crippen molar-refractivity contribution in [3.63, 3.8) is 0 Å². The van der Waals surface area contributed by atoms with Gasteiger partial charge in [-0.15, -0.1) is 0 Å². The second-order valence-corrected chi connectivity index (χ2v) is 6.80. The van der Waals surface area contributed by atoms with E-state index < -0.39 is 17.9 Å². The summed E-state index contributed by atoms with van der Waals surface area (Å²) < 4.78 is 18.7. The van der Waals surface area contributed by atoms with Gasteiger partial charge in [-0.25, -0.2) is 9.18 Å². The number of carbonyl (C=O) groups excluding carboxylic acids is 2. The third-order valence-electron chi connectivity index (χ3n) is 4.22. The molecule has 0 spiro atoms. The molecule has 3 rings (SSSR count). The summed E-state index contributed by atoms with van der Waals surface area (Å²) in [6, 6.07) is 11.7. The molecular formula is C19H17BrFNO3. The van der Waals surface area contributed by atoms with Crippen LogP contribution in [0, 0.1) is 5.82 Å². The average molecular weight is 406 g/mol. The summed E-state index contributed by atoms with van der Waals surface area (Å²) in [7, 11) is 0. The lowest BCUT2D eigenvalue weighted by atomic mass is 9.99. The molecule has 0 radical (unpaired) electrons. The van der Waals surface area contributed by atoms with Crippen molar-refractivity contribution in [1.82, 2.24) is 4.90 Å². The van der Waals surface area contributed by atoms with Crippen LogP contribution in [-0.4, -0.2) is 29.4 Å². The molecule has 6 heteroatoms. The number of rotatable bonds is 3. The number of ether oxygens (including phenoxy) is 1. The summed E-state index contributed by atoms with van der Waals surface area (Å²) in [6.07, 6.45) is -0.124. The lowest BCUT2D eigenvalue weighted by Gasteiger charge is -2.30. The van der Waals surface area contributed by atoms with Gasteiger partial charge in [0, 0.05) is 17.6 Å². The molecule has 1 aliphatic heterocycles. The van der Waals surface area contributed by atoms with Gasteiger partial charge in [-0.1, -0.05) is 24.3 Å². The van der Waals surface area contributed by atoms with Crippen LogP contribution < -0.4 is 0 Å². The maximum Gasteiger partial charge on any atom is 0.340 e. The number of hydrogen-bond donors (Lipinski definition) is 0. The lowest BCUT2D eigenvalue weighted by molar-refractivity contribution is -0.140. The molecule has 4 nitrogen and oxygen atoms in total. The highest BCUT2D eigenvalue weighted by molar-refractivity contribution is 9.10. The fraction of sp³-hybridized carbons (Fsp3) is 0.263. The van der Waals surface area contributed by atoms with Crippen LogP contribution >= 0.6 is 15.9 Å². The van der Waals surface area contributed by atoms with Crippen molar-refractivity contribution < 1.29 is 18.7 Å². The maximum atomic E-state index is 13.1. The number of halogens is 2. The standard InChI is InChI=1S/C19H17BrFNO3/c1-12(25-19(24)16-7-6-15(21)10-17(16)20)18(23)22-9-8-13-4-2-3-5-14(13)11-22/h2-7,10,12H,8-9,11H2,1H3/t12-/m0/s1. The Morgan fingerprint density at radius 1 is 1.20 bits per heavy atom.